The van der Waals surface area contributed by atoms with Crippen LogP contribution in [0.15, 0.2) is 47.0 Å². The summed E-state index contributed by atoms with van der Waals surface area (Å²) in [6.07, 6.45) is 4.34. The van der Waals surface area contributed by atoms with E-state index in [1.165, 1.54) is 24.3 Å². The van der Waals surface area contributed by atoms with Crippen molar-refractivity contribution in [3.63, 3.8) is 0 Å². The minimum absolute atomic E-state index is 0.0934. The minimum atomic E-state index is -2.91. The molecule has 2 amide bonds. The van der Waals surface area contributed by atoms with Crippen molar-refractivity contribution in [3.8, 4) is 11.5 Å². The summed E-state index contributed by atoms with van der Waals surface area (Å²) >= 11 is 0. The van der Waals surface area contributed by atoms with Gasteiger partial charge in [-0.25, -0.2) is 13.6 Å². The van der Waals surface area contributed by atoms with Crippen LogP contribution in [0.5, 0.6) is 0 Å². The number of carbonyl (C=O) groups is 1. The van der Waals surface area contributed by atoms with Crippen molar-refractivity contribution in [2.45, 2.75) is 33.1 Å². The summed E-state index contributed by atoms with van der Waals surface area (Å²) in [7, 11) is 0. The van der Waals surface area contributed by atoms with E-state index in [2.05, 4.69) is 20.5 Å². The van der Waals surface area contributed by atoms with Crippen LogP contribution in [0, 0.1) is 13.8 Å². The molecule has 1 aliphatic heterocycles. The molecule has 0 saturated heterocycles. The summed E-state index contributed by atoms with van der Waals surface area (Å²) in [5, 5.41) is 10.6. The Kier molecular flexibility index (Phi) is 5.73. The molecule has 1 N–H and O–H groups in total. The Morgan fingerprint density at radius 3 is 2.50 bits per heavy atom. The highest BCUT2D eigenvalue weighted by Gasteiger charge is 2.24. The van der Waals surface area contributed by atoms with Gasteiger partial charge < -0.3 is 14.6 Å². The molecule has 3 heterocycles. The zero-order valence-corrected chi connectivity index (χ0v) is 18.0. The lowest BCUT2D eigenvalue weighted by atomic mass is 10.00. The summed E-state index contributed by atoms with van der Waals surface area (Å²) in [6.45, 7) is 5.50. The third-order valence-corrected chi connectivity index (χ3v) is 5.29. The quantitative estimate of drug-likeness (QED) is 0.605. The van der Waals surface area contributed by atoms with Crippen molar-refractivity contribution in [1.82, 2.24) is 20.1 Å². The second-order valence-electron chi connectivity index (χ2n) is 7.84. The fourth-order valence-electron chi connectivity index (χ4n) is 3.56. The number of anilines is 1. The number of aryl methyl sites for hydroxylation is 2. The first-order chi connectivity index (χ1) is 15.2. The maximum absolute atomic E-state index is 13.3. The van der Waals surface area contributed by atoms with Gasteiger partial charge in [-0.05, 0) is 42.7 Å². The monoisotopic (exact) mass is 439 g/mol. The molecule has 0 spiro atoms. The Balaban J connectivity index is 1.40. The molecule has 0 fully saturated rings. The number of halogens is 2. The molecule has 2 aromatic heterocycles. The number of pyridine rings is 1. The number of aromatic nitrogens is 3. The molecule has 0 bridgehead atoms. The maximum Gasteiger partial charge on any atom is 0.322 e. The van der Waals surface area contributed by atoms with Gasteiger partial charge in [0, 0.05) is 44.4 Å². The van der Waals surface area contributed by atoms with Crippen LogP contribution in [0.4, 0.5) is 19.3 Å². The fraction of sp³-hybridized carbons (Fsp3) is 0.304. The Hall–Kier alpha value is -3.62. The summed E-state index contributed by atoms with van der Waals surface area (Å²) in [6, 6.07) is 7.28. The normalized spacial score (nSPS) is 14.3. The van der Waals surface area contributed by atoms with Crippen LogP contribution in [0.25, 0.3) is 17.0 Å². The van der Waals surface area contributed by atoms with Crippen LogP contribution in [0.1, 0.15) is 36.1 Å². The first-order valence-electron chi connectivity index (χ1n) is 10.2. The number of nitrogens with zero attached hydrogens (tertiary/aromatic N) is 4. The van der Waals surface area contributed by atoms with Crippen molar-refractivity contribution in [2.75, 3.05) is 18.4 Å². The van der Waals surface area contributed by atoms with E-state index in [0.29, 0.717) is 37.0 Å². The number of amides is 2. The van der Waals surface area contributed by atoms with E-state index in [9.17, 15) is 13.6 Å². The van der Waals surface area contributed by atoms with Gasteiger partial charge in [0.2, 0.25) is 11.8 Å². The maximum atomic E-state index is 13.3. The number of benzene rings is 1. The molecule has 7 nitrogen and oxygen atoms in total. The summed E-state index contributed by atoms with van der Waals surface area (Å²) in [5.74, 6) is -1.99. The van der Waals surface area contributed by atoms with Gasteiger partial charge in [0.15, 0.2) is 0 Å². The Bertz CT molecular complexity index is 1170. The summed E-state index contributed by atoms with van der Waals surface area (Å²) in [5.41, 5.74) is 4.06. The lowest BCUT2D eigenvalue weighted by Gasteiger charge is -2.27. The smallest absolute Gasteiger partial charge is 0.322 e. The molecule has 166 valence electrons. The molecular weight excluding hydrogens is 416 g/mol. The molecule has 0 saturated carbocycles. The largest absolute Gasteiger partial charge is 0.421 e. The topological polar surface area (TPSA) is 84.2 Å². The van der Waals surface area contributed by atoms with E-state index in [0.717, 1.165) is 29.3 Å². The predicted molar refractivity (Wildman–Crippen MR) is 116 cm³/mol. The van der Waals surface area contributed by atoms with Gasteiger partial charge in [0.05, 0.1) is 11.3 Å². The molecule has 3 aromatic rings. The lowest BCUT2D eigenvalue weighted by Crippen LogP contribution is -2.38. The van der Waals surface area contributed by atoms with Crippen LogP contribution in [-0.2, 0) is 5.92 Å². The standard InChI is InChI=1S/C23H23F2N5O2/c1-14-12-17(21-29-28-15(2)32-21)13-26-20(14)16-8-10-30(11-9-16)22(31)27-19-6-4-18(5-7-19)23(3,24)25/h4-8,12-13H,9-11H2,1-3H3,(H,27,31). The van der Waals surface area contributed by atoms with E-state index in [1.54, 1.807) is 18.0 Å². The molecule has 0 aliphatic carbocycles. The van der Waals surface area contributed by atoms with Gasteiger partial charge in [-0.3, -0.25) is 4.98 Å². The van der Waals surface area contributed by atoms with E-state index in [1.807, 2.05) is 19.1 Å². The van der Waals surface area contributed by atoms with E-state index < -0.39 is 5.92 Å². The molecule has 1 aromatic carbocycles. The number of carbonyl (C=O) groups excluding carboxylic acids is 1. The van der Waals surface area contributed by atoms with Crippen LogP contribution in [0.2, 0.25) is 0 Å². The summed E-state index contributed by atoms with van der Waals surface area (Å²) in [4.78, 5) is 18.8. The molecule has 4 rings (SSSR count). The summed E-state index contributed by atoms with van der Waals surface area (Å²) < 4.78 is 32.1. The molecule has 1 aliphatic rings. The third kappa shape index (κ3) is 4.66. The van der Waals surface area contributed by atoms with E-state index in [4.69, 9.17) is 4.42 Å². The highest BCUT2D eigenvalue weighted by molar-refractivity contribution is 5.90. The number of rotatable bonds is 4. The molecule has 9 heteroatoms. The Morgan fingerprint density at radius 1 is 1.19 bits per heavy atom. The molecule has 0 unspecified atom stereocenters. The predicted octanol–water partition coefficient (Wildman–Crippen LogP) is 5.18. The van der Waals surface area contributed by atoms with Gasteiger partial charge in [-0.15, -0.1) is 10.2 Å². The SMILES string of the molecule is Cc1nnc(-c2cnc(C3=CCN(C(=O)Nc4ccc(C(C)(F)F)cc4)CC3)c(C)c2)o1. The highest BCUT2D eigenvalue weighted by Crippen LogP contribution is 2.29. The minimum Gasteiger partial charge on any atom is -0.421 e. The van der Waals surface area contributed by atoms with Crippen molar-refractivity contribution >= 4 is 17.3 Å². The second-order valence-corrected chi connectivity index (χ2v) is 7.84. The average molecular weight is 439 g/mol. The van der Waals surface area contributed by atoms with Gasteiger partial charge in [0.25, 0.3) is 5.92 Å². The van der Waals surface area contributed by atoms with Crippen molar-refractivity contribution in [2.24, 2.45) is 0 Å². The average Bonchev–Trinajstić information content (AvgIpc) is 3.20. The van der Waals surface area contributed by atoms with Gasteiger partial charge in [0.1, 0.15) is 0 Å². The van der Waals surface area contributed by atoms with E-state index in [-0.39, 0.29) is 11.6 Å². The molecule has 0 radical (unpaired) electrons. The number of hydrogen-bond acceptors (Lipinski definition) is 5. The Morgan fingerprint density at radius 2 is 1.94 bits per heavy atom. The first kappa shape index (κ1) is 21.6. The van der Waals surface area contributed by atoms with Crippen LogP contribution >= 0.6 is 0 Å². The van der Waals surface area contributed by atoms with Gasteiger partial charge in [-0.2, -0.15) is 0 Å². The number of hydrogen-bond donors (Lipinski definition) is 1. The zero-order valence-electron chi connectivity index (χ0n) is 18.0. The van der Waals surface area contributed by atoms with Crippen LogP contribution < -0.4 is 5.32 Å². The third-order valence-electron chi connectivity index (χ3n) is 5.29. The molecule has 32 heavy (non-hydrogen) atoms. The van der Waals surface area contributed by atoms with Crippen molar-refractivity contribution in [1.29, 1.82) is 0 Å². The van der Waals surface area contributed by atoms with Gasteiger partial charge in [-0.1, -0.05) is 18.2 Å². The van der Waals surface area contributed by atoms with E-state index >= 15 is 0 Å². The lowest BCUT2D eigenvalue weighted by molar-refractivity contribution is 0.0175. The van der Waals surface area contributed by atoms with Crippen molar-refractivity contribution < 1.29 is 18.0 Å². The van der Waals surface area contributed by atoms with Gasteiger partial charge >= 0.3 is 6.03 Å². The second kappa shape index (κ2) is 8.49. The van der Waals surface area contributed by atoms with Crippen LogP contribution in [0.3, 0.4) is 0 Å². The number of alkyl halides is 2. The molecule has 0 atom stereocenters. The fourth-order valence-corrected chi connectivity index (χ4v) is 3.56. The molecular formula is C23H23F2N5O2. The first-order valence-corrected chi connectivity index (χ1v) is 10.2. The Labute approximate surface area is 184 Å². The number of nitrogens with one attached hydrogen (secondary N) is 1. The number of urea groups is 1. The highest BCUT2D eigenvalue weighted by atomic mass is 19.3. The van der Waals surface area contributed by atoms with Crippen molar-refractivity contribution in [3.05, 3.63) is 65.3 Å². The zero-order chi connectivity index (χ0) is 22.9. The van der Waals surface area contributed by atoms with Crippen LogP contribution in [-0.4, -0.2) is 39.2 Å².